The van der Waals surface area contributed by atoms with Crippen molar-refractivity contribution in [3.8, 4) is 0 Å². The van der Waals surface area contributed by atoms with E-state index >= 15 is 0 Å². The Kier molecular flexibility index (Phi) is 18.5. The highest BCUT2D eigenvalue weighted by Crippen LogP contribution is 2.19. The summed E-state index contributed by atoms with van der Waals surface area (Å²) in [5.74, 6) is -4.79. The maximum absolute atomic E-state index is 13.2. The summed E-state index contributed by atoms with van der Waals surface area (Å²) in [4.78, 5) is 44.8. The number of benzene rings is 2. The summed E-state index contributed by atoms with van der Waals surface area (Å²) in [6.07, 6.45) is 6.26. The Bertz CT molecular complexity index is 1460. The first-order chi connectivity index (χ1) is 23.7. The average Bonchev–Trinajstić information content (AvgIpc) is 3.06. The minimum absolute atomic E-state index is 0.0182. The number of hydrogen-bond donors (Lipinski definition) is 5. The molecule has 11 nitrogen and oxygen atoms in total. The molecule has 17 heteroatoms. The lowest BCUT2D eigenvalue weighted by molar-refractivity contribution is 0.0974. The number of nitrogens with two attached hydrogens (primary N) is 1. The van der Waals surface area contributed by atoms with Crippen molar-refractivity contribution in [2.45, 2.75) is 89.4 Å². The van der Waals surface area contributed by atoms with Gasteiger partial charge in [0.05, 0.1) is 13.2 Å². The van der Waals surface area contributed by atoms with Gasteiger partial charge in [-0.25, -0.2) is 27.2 Å². The van der Waals surface area contributed by atoms with Crippen LogP contribution in [0.3, 0.4) is 0 Å². The van der Waals surface area contributed by atoms with Gasteiger partial charge in [-0.3, -0.25) is 14.9 Å². The fourth-order valence-corrected chi connectivity index (χ4v) is 5.35. The number of rotatable bonds is 7. The number of hydrogen-bond acceptors (Lipinski definition) is 8. The Labute approximate surface area is 298 Å². The number of carbonyl (C=O) groups is 4. The lowest BCUT2D eigenvalue weighted by Crippen LogP contribution is -2.48. The number of amides is 3. The highest BCUT2D eigenvalue weighted by Gasteiger charge is 2.24. The molecule has 0 bridgehead atoms. The Balaban J connectivity index is 0.000000299. The van der Waals surface area contributed by atoms with Gasteiger partial charge in [0.25, 0.3) is 11.1 Å². The van der Waals surface area contributed by atoms with Gasteiger partial charge in [0, 0.05) is 35.3 Å². The number of alkyl carbamates (subject to hydrolysis) is 2. The van der Waals surface area contributed by atoms with Gasteiger partial charge < -0.3 is 31.2 Å². The van der Waals surface area contributed by atoms with Crippen LogP contribution in [-0.2, 0) is 9.47 Å². The topological polar surface area (TPSA) is 161 Å². The number of thiocarbonyl (C=S) groups is 1. The molecule has 0 aromatic heterocycles. The van der Waals surface area contributed by atoms with Crippen LogP contribution in [0, 0.1) is 23.3 Å². The molecule has 2 aliphatic rings. The quantitative estimate of drug-likeness (QED) is 0.131. The first kappa shape index (κ1) is 42.1. The molecule has 276 valence electrons. The van der Waals surface area contributed by atoms with Crippen LogP contribution in [0.4, 0.5) is 27.2 Å². The van der Waals surface area contributed by atoms with E-state index in [1.165, 1.54) is 6.07 Å². The highest BCUT2D eigenvalue weighted by atomic mass is 35.5. The predicted molar refractivity (Wildman–Crippen MR) is 183 cm³/mol. The highest BCUT2D eigenvalue weighted by molar-refractivity contribution is 7.80. The molecule has 0 heterocycles. The molecule has 2 aliphatic carbocycles. The van der Waals surface area contributed by atoms with Crippen LogP contribution in [0.15, 0.2) is 36.4 Å². The van der Waals surface area contributed by atoms with Gasteiger partial charge in [0.2, 0.25) is 0 Å². The van der Waals surface area contributed by atoms with Crippen LogP contribution in [-0.4, -0.2) is 65.8 Å². The van der Waals surface area contributed by atoms with E-state index < -0.39 is 40.5 Å². The van der Waals surface area contributed by atoms with Crippen LogP contribution in [0.1, 0.15) is 85.9 Å². The second-order valence-electron chi connectivity index (χ2n) is 11.3. The van der Waals surface area contributed by atoms with E-state index in [1.807, 2.05) is 0 Å². The van der Waals surface area contributed by atoms with Crippen molar-refractivity contribution in [1.82, 2.24) is 21.3 Å². The van der Waals surface area contributed by atoms with Crippen molar-refractivity contribution in [2.24, 2.45) is 5.73 Å². The van der Waals surface area contributed by atoms with Crippen LogP contribution >= 0.6 is 23.8 Å². The van der Waals surface area contributed by atoms with Gasteiger partial charge >= 0.3 is 12.2 Å². The van der Waals surface area contributed by atoms with E-state index in [2.05, 4.69) is 21.3 Å². The SMILES string of the molecule is CCOC(=O)NC1CCC(N)CC1.CCOC(=O)NC1CCC(NC(=S)NC(=O)c2ccc(F)c(F)c2)CC1.O=C(Cl)c1ccc(F)c(F)c1. The summed E-state index contributed by atoms with van der Waals surface area (Å²) >= 11 is 10.1. The molecule has 0 radical (unpaired) electrons. The monoisotopic (exact) mass is 747 g/mol. The second-order valence-corrected chi connectivity index (χ2v) is 12.1. The van der Waals surface area contributed by atoms with E-state index in [4.69, 9.17) is 39.0 Å². The van der Waals surface area contributed by atoms with E-state index in [0.717, 1.165) is 81.7 Å². The minimum atomic E-state index is -1.09. The standard InChI is InChI=1S/C17H21F2N3O3S.C9H18N2O2.C7H3ClF2O/c1-2-25-17(24)21-12-6-4-11(5-7-12)20-16(26)22-15(23)10-3-8-13(18)14(19)9-10;1-2-13-9(12)11-8-5-3-7(10)4-6-8;8-7(11)4-1-2-5(9)6(10)3-4/h3,8-9,11-12H,2,4-7H2,1H3,(H,21,24)(H2,20,22,23,26);7-8H,2-6,10H2,1H3,(H,11,12);1-3H. The Morgan fingerprint density at radius 2 is 1.10 bits per heavy atom. The third-order valence-corrected chi connectivity index (χ3v) is 8.02. The van der Waals surface area contributed by atoms with Crippen molar-refractivity contribution in [1.29, 1.82) is 0 Å². The van der Waals surface area contributed by atoms with Gasteiger partial charge in [-0.2, -0.15) is 0 Å². The van der Waals surface area contributed by atoms with Crippen molar-refractivity contribution < 1.29 is 46.2 Å². The molecule has 50 heavy (non-hydrogen) atoms. The molecule has 2 aromatic rings. The smallest absolute Gasteiger partial charge is 0.407 e. The fraction of sp³-hybridized carbons (Fsp3) is 0.485. The largest absolute Gasteiger partial charge is 0.450 e. The molecule has 6 N–H and O–H groups in total. The predicted octanol–water partition coefficient (Wildman–Crippen LogP) is 5.97. The summed E-state index contributed by atoms with van der Waals surface area (Å²) < 4.78 is 60.3. The summed E-state index contributed by atoms with van der Waals surface area (Å²) in [7, 11) is 0. The van der Waals surface area contributed by atoms with Gasteiger partial charge in [-0.1, -0.05) is 0 Å². The lowest BCUT2D eigenvalue weighted by Gasteiger charge is -2.30. The molecule has 2 saturated carbocycles. The zero-order valence-corrected chi connectivity index (χ0v) is 29.2. The van der Waals surface area contributed by atoms with Gasteiger partial charge in [0.15, 0.2) is 28.4 Å². The Morgan fingerprint density at radius 3 is 1.52 bits per heavy atom. The van der Waals surface area contributed by atoms with E-state index in [9.17, 15) is 36.7 Å². The van der Waals surface area contributed by atoms with Crippen LogP contribution in [0.2, 0.25) is 0 Å². The molecule has 0 unspecified atom stereocenters. The average molecular weight is 748 g/mol. The third-order valence-electron chi connectivity index (χ3n) is 7.58. The fourth-order valence-electron chi connectivity index (χ4n) is 4.98. The molecule has 0 spiro atoms. The van der Waals surface area contributed by atoms with Crippen molar-refractivity contribution >= 4 is 52.3 Å². The van der Waals surface area contributed by atoms with Crippen molar-refractivity contribution in [2.75, 3.05) is 13.2 Å². The molecule has 0 aliphatic heterocycles. The van der Waals surface area contributed by atoms with E-state index in [0.29, 0.717) is 19.3 Å². The molecule has 2 fully saturated rings. The molecule has 3 amide bonds. The number of ether oxygens (including phenoxy) is 2. The first-order valence-corrected chi connectivity index (χ1v) is 16.8. The second kappa shape index (κ2) is 21.9. The molecule has 0 atom stereocenters. The number of halogens is 5. The molecular weight excluding hydrogens is 706 g/mol. The number of carbonyl (C=O) groups excluding carboxylic acids is 4. The molecular formula is C33H42ClF4N5O6S. The van der Waals surface area contributed by atoms with Gasteiger partial charge in [-0.05, 0) is 125 Å². The minimum Gasteiger partial charge on any atom is -0.450 e. The van der Waals surface area contributed by atoms with Crippen LogP contribution < -0.4 is 27.0 Å². The van der Waals surface area contributed by atoms with Gasteiger partial charge in [0.1, 0.15) is 0 Å². The molecule has 0 saturated heterocycles. The normalized spacial score (nSPS) is 19.5. The summed E-state index contributed by atoms with van der Waals surface area (Å²) in [5.41, 5.74) is 5.67. The van der Waals surface area contributed by atoms with Crippen molar-refractivity contribution in [3.63, 3.8) is 0 Å². The van der Waals surface area contributed by atoms with E-state index in [-0.39, 0.29) is 40.5 Å². The maximum Gasteiger partial charge on any atom is 0.407 e. The van der Waals surface area contributed by atoms with E-state index in [1.54, 1.807) is 13.8 Å². The summed E-state index contributed by atoms with van der Waals surface area (Å²) in [5, 5.41) is 10.4. The summed E-state index contributed by atoms with van der Waals surface area (Å²) in [6, 6.07) is 6.31. The Hall–Kier alpha value is -4.02. The first-order valence-electron chi connectivity index (χ1n) is 16.1. The summed E-state index contributed by atoms with van der Waals surface area (Å²) in [6.45, 7) is 4.30. The third kappa shape index (κ3) is 15.7. The Morgan fingerprint density at radius 1 is 0.700 bits per heavy atom. The number of nitrogens with one attached hydrogen (secondary N) is 4. The zero-order valence-electron chi connectivity index (χ0n) is 27.7. The van der Waals surface area contributed by atoms with Crippen LogP contribution in [0.25, 0.3) is 0 Å². The maximum atomic E-state index is 13.2. The van der Waals surface area contributed by atoms with Crippen LogP contribution in [0.5, 0.6) is 0 Å². The zero-order chi connectivity index (χ0) is 37.2. The molecule has 4 rings (SSSR count). The lowest BCUT2D eigenvalue weighted by atomic mass is 9.91. The van der Waals surface area contributed by atoms with Crippen molar-refractivity contribution in [3.05, 3.63) is 70.8 Å². The molecule has 2 aromatic carbocycles. The van der Waals surface area contributed by atoms with Gasteiger partial charge in [-0.15, -0.1) is 0 Å².